The molecule has 1 fully saturated rings. The summed E-state index contributed by atoms with van der Waals surface area (Å²) in [5.41, 5.74) is 2.76. The van der Waals surface area contributed by atoms with Crippen molar-refractivity contribution in [3.63, 3.8) is 0 Å². The molecular weight excluding hydrogens is 340 g/mol. The third-order valence-corrected chi connectivity index (χ3v) is 4.52. The summed E-state index contributed by atoms with van der Waals surface area (Å²) in [4.78, 5) is 12.2. The fourth-order valence-electron chi connectivity index (χ4n) is 3.14. The average molecular weight is 361 g/mol. The zero-order valence-electron chi connectivity index (χ0n) is 13.8. The summed E-state index contributed by atoms with van der Waals surface area (Å²) in [6, 6.07) is 13.9. The van der Waals surface area contributed by atoms with Gasteiger partial charge < -0.3 is 20.1 Å². The predicted molar refractivity (Wildman–Crippen MR) is 98.6 cm³/mol. The molecule has 1 saturated heterocycles. The quantitative estimate of drug-likeness (QED) is 0.880. The number of fused-ring (bicyclic) bond motifs is 1. The van der Waals surface area contributed by atoms with E-state index in [1.807, 2.05) is 42.5 Å². The molecule has 0 saturated carbocycles. The van der Waals surface area contributed by atoms with E-state index in [0.29, 0.717) is 18.2 Å². The zero-order valence-corrected chi connectivity index (χ0v) is 14.6. The van der Waals surface area contributed by atoms with Crippen LogP contribution in [0.1, 0.15) is 23.2 Å². The van der Waals surface area contributed by atoms with Crippen molar-refractivity contribution in [2.24, 2.45) is 0 Å². The van der Waals surface area contributed by atoms with Crippen LogP contribution in [0.15, 0.2) is 42.5 Å². The number of nitrogens with one attached hydrogen (secondary N) is 2. The van der Waals surface area contributed by atoms with Crippen molar-refractivity contribution >= 4 is 18.3 Å². The normalized spacial score (nSPS) is 17.8. The molecule has 2 aromatic rings. The molecule has 0 spiro atoms. The van der Waals surface area contributed by atoms with Gasteiger partial charge in [0.2, 0.25) is 6.79 Å². The van der Waals surface area contributed by atoms with E-state index >= 15 is 0 Å². The molecule has 2 aliphatic heterocycles. The highest BCUT2D eigenvalue weighted by Gasteiger charge is 2.16. The van der Waals surface area contributed by atoms with Crippen LogP contribution < -0.4 is 20.1 Å². The van der Waals surface area contributed by atoms with E-state index < -0.39 is 0 Å². The molecule has 5 nitrogen and oxygen atoms in total. The van der Waals surface area contributed by atoms with Gasteiger partial charge in [-0.1, -0.05) is 18.2 Å². The molecule has 1 amide bonds. The second kappa shape index (κ2) is 7.76. The summed E-state index contributed by atoms with van der Waals surface area (Å²) in [5.74, 6) is 1.51. The molecular formula is C19H21ClN2O3. The van der Waals surface area contributed by atoms with Gasteiger partial charge >= 0.3 is 0 Å². The zero-order chi connectivity index (χ0) is 16.4. The molecule has 132 valence electrons. The van der Waals surface area contributed by atoms with Gasteiger partial charge in [0.25, 0.3) is 5.91 Å². The van der Waals surface area contributed by atoms with Crippen LogP contribution in [-0.4, -0.2) is 31.8 Å². The molecule has 2 aliphatic rings. The van der Waals surface area contributed by atoms with Gasteiger partial charge in [-0.3, -0.25) is 4.79 Å². The summed E-state index contributed by atoms with van der Waals surface area (Å²) in [6.07, 6.45) is 2.31. The second-order valence-electron chi connectivity index (χ2n) is 6.15. The van der Waals surface area contributed by atoms with E-state index in [2.05, 4.69) is 10.6 Å². The largest absolute Gasteiger partial charge is 0.454 e. The Hall–Kier alpha value is -2.24. The molecule has 0 aliphatic carbocycles. The minimum Gasteiger partial charge on any atom is -0.454 e. The van der Waals surface area contributed by atoms with Gasteiger partial charge in [0.15, 0.2) is 11.5 Å². The maximum atomic E-state index is 12.2. The monoisotopic (exact) mass is 360 g/mol. The first-order valence-corrected chi connectivity index (χ1v) is 8.31. The molecule has 6 heteroatoms. The topological polar surface area (TPSA) is 59.6 Å². The molecule has 4 rings (SSSR count). The lowest BCUT2D eigenvalue weighted by Crippen LogP contribution is -2.37. The molecule has 0 unspecified atom stereocenters. The van der Waals surface area contributed by atoms with Crippen LogP contribution in [0.5, 0.6) is 11.5 Å². The average Bonchev–Trinajstić information content (AvgIpc) is 3.30. The fourth-order valence-corrected chi connectivity index (χ4v) is 3.14. The number of carbonyl (C=O) groups is 1. The lowest BCUT2D eigenvalue weighted by molar-refractivity contribution is 0.0950. The van der Waals surface area contributed by atoms with E-state index in [0.717, 1.165) is 35.6 Å². The van der Waals surface area contributed by atoms with Crippen molar-refractivity contribution in [1.82, 2.24) is 10.6 Å². The Morgan fingerprint density at radius 1 is 1.08 bits per heavy atom. The van der Waals surface area contributed by atoms with Gasteiger partial charge in [-0.15, -0.1) is 12.4 Å². The van der Waals surface area contributed by atoms with E-state index in [1.165, 1.54) is 6.42 Å². The number of amides is 1. The van der Waals surface area contributed by atoms with Crippen molar-refractivity contribution in [2.75, 3.05) is 19.9 Å². The van der Waals surface area contributed by atoms with Crippen LogP contribution in [0.4, 0.5) is 0 Å². The molecule has 0 aromatic heterocycles. The van der Waals surface area contributed by atoms with Crippen molar-refractivity contribution in [3.8, 4) is 22.6 Å². The minimum absolute atomic E-state index is 0. The second-order valence-corrected chi connectivity index (χ2v) is 6.15. The SMILES string of the molecule is Cl.O=C(NC[C@@H]1CCCN1)c1ccc(-c2ccc3c(c2)OCO3)cc1. The number of ether oxygens (including phenoxy) is 2. The lowest BCUT2D eigenvalue weighted by atomic mass is 10.0. The maximum Gasteiger partial charge on any atom is 0.251 e. The highest BCUT2D eigenvalue weighted by Crippen LogP contribution is 2.35. The van der Waals surface area contributed by atoms with Crippen LogP contribution >= 0.6 is 12.4 Å². The summed E-state index contributed by atoms with van der Waals surface area (Å²) in [7, 11) is 0. The number of benzene rings is 2. The van der Waals surface area contributed by atoms with Gasteiger partial charge in [-0.2, -0.15) is 0 Å². The molecule has 2 aromatic carbocycles. The number of hydrogen-bond donors (Lipinski definition) is 2. The number of carbonyl (C=O) groups excluding carboxylic acids is 1. The van der Waals surface area contributed by atoms with Gasteiger partial charge in [-0.25, -0.2) is 0 Å². The van der Waals surface area contributed by atoms with Gasteiger partial charge in [0.1, 0.15) is 0 Å². The van der Waals surface area contributed by atoms with Gasteiger partial charge in [-0.05, 0) is 54.8 Å². The number of rotatable bonds is 4. The Bertz CT molecular complexity index is 743. The van der Waals surface area contributed by atoms with Gasteiger partial charge in [0, 0.05) is 18.2 Å². The first-order valence-electron chi connectivity index (χ1n) is 8.31. The van der Waals surface area contributed by atoms with E-state index in [9.17, 15) is 4.79 Å². The highest BCUT2D eigenvalue weighted by atomic mass is 35.5. The first-order chi connectivity index (χ1) is 11.8. The van der Waals surface area contributed by atoms with Crippen molar-refractivity contribution in [1.29, 1.82) is 0 Å². The van der Waals surface area contributed by atoms with Crippen LogP contribution in [0.25, 0.3) is 11.1 Å². The minimum atomic E-state index is -0.0269. The van der Waals surface area contributed by atoms with Crippen molar-refractivity contribution in [2.45, 2.75) is 18.9 Å². The van der Waals surface area contributed by atoms with E-state index in [1.54, 1.807) is 0 Å². The maximum absolute atomic E-state index is 12.2. The summed E-state index contributed by atoms with van der Waals surface area (Å²) >= 11 is 0. The summed E-state index contributed by atoms with van der Waals surface area (Å²) in [6.45, 7) is 2.00. The van der Waals surface area contributed by atoms with Crippen molar-refractivity contribution in [3.05, 3.63) is 48.0 Å². The summed E-state index contributed by atoms with van der Waals surface area (Å²) in [5, 5.41) is 6.37. The molecule has 25 heavy (non-hydrogen) atoms. The third kappa shape index (κ3) is 3.89. The van der Waals surface area contributed by atoms with Crippen LogP contribution in [-0.2, 0) is 0 Å². The smallest absolute Gasteiger partial charge is 0.251 e. The Kier molecular flexibility index (Phi) is 5.46. The third-order valence-electron chi connectivity index (χ3n) is 4.52. The van der Waals surface area contributed by atoms with Crippen LogP contribution in [0.3, 0.4) is 0 Å². The molecule has 2 heterocycles. The molecule has 0 bridgehead atoms. The van der Waals surface area contributed by atoms with E-state index in [-0.39, 0.29) is 25.1 Å². The number of hydrogen-bond acceptors (Lipinski definition) is 4. The predicted octanol–water partition coefficient (Wildman–Crippen LogP) is 2.99. The van der Waals surface area contributed by atoms with Gasteiger partial charge in [0.05, 0.1) is 0 Å². The molecule has 0 radical (unpaired) electrons. The Morgan fingerprint density at radius 2 is 1.84 bits per heavy atom. The van der Waals surface area contributed by atoms with Crippen molar-refractivity contribution < 1.29 is 14.3 Å². The van der Waals surface area contributed by atoms with Crippen LogP contribution in [0, 0.1) is 0 Å². The Labute approximate surface area is 153 Å². The fraction of sp³-hybridized carbons (Fsp3) is 0.316. The molecule has 1 atom stereocenters. The number of halogens is 1. The Morgan fingerprint density at radius 3 is 2.60 bits per heavy atom. The molecule has 2 N–H and O–H groups in total. The highest BCUT2D eigenvalue weighted by molar-refractivity contribution is 5.94. The summed E-state index contributed by atoms with van der Waals surface area (Å²) < 4.78 is 10.7. The Balaban J connectivity index is 0.00000182. The first kappa shape index (κ1) is 17.6. The van der Waals surface area contributed by atoms with Crippen LogP contribution in [0.2, 0.25) is 0 Å². The lowest BCUT2D eigenvalue weighted by Gasteiger charge is -2.11. The standard InChI is InChI=1S/C19H20N2O3.ClH/c22-19(21-11-16-2-1-9-20-16)14-5-3-13(4-6-14)15-7-8-17-18(10-15)24-12-23-17;/h3-8,10,16,20H,1-2,9,11-12H2,(H,21,22);1H/t16-;/m0./s1. The van der Waals surface area contributed by atoms with E-state index in [4.69, 9.17) is 9.47 Å².